The van der Waals surface area contributed by atoms with Gasteiger partial charge in [-0.1, -0.05) is 60.1 Å². The third-order valence-electron chi connectivity index (χ3n) is 5.00. The van der Waals surface area contributed by atoms with E-state index >= 15 is 0 Å². The van der Waals surface area contributed by atoms with Gasteiger partial charge >= 0.3 is 0 Å². The van der Waals surface area contributed by atoms with Crippen LogP contribution in [0, 0.1) is 0 Å². The van der Waals surface area contributed by atoms with E-state index in [1.165, 1.54) is 0 Å². The summed E-state index contributed by atoms with van der Waals surface area (Å²) in [5, 5.41) is 3.63. The van der Waals surface area contributed by atoms with Crippen molar-refractivity contribution in [3.05, 3.63) is 70.7 Å². The molecular formula is C22H25ClN2O2. The van der Waals surface area contributed by atoms with Crippen molar-refractivity contribution in [1.29, 1.82) is 0 Å². The normalized spacial score (nSPS) is 15.4. The first kappa shape index (κ1) is 19.4. The number of amides is 2. The summed E-state index contributed by atoms with van der Waals surface area (Å²) in [6.07, 6.45) is 2.96. The number of halogens is 1. The van der Waals surface area contributed by atoms with Crippen molar-refractivity contribution >= 4 is 23.4 Å². The summed E-state index contributed by atoms with van der Waals surface area (Å²) in [5.41, 5.74) is 2.01. The lowest BCUT2D eigenvalue weighted by Gasteiger charge is -2.27. The summed E-state index contributed by atoms with van der Waals surface area (Å²) in [4.78, 5) is 26.3. The fraction of sp³-hybridized carbons (Fsp3) is 0.364. The van der Waals surface area contributed by atoms with Crippen LogP contribution in [0.1, 0.15) is 42.7 Å². The van der Waals surface area contributed by atoms with E-state index in [-0.39, 0.29) is 17.7 Å². The Labute approximate surface area is 165 Å². The number of carbonyl (C=O) groups is 2. The summed E-state index contributed by atoms with van der Waals surface area (Å²) in [6, 6.07) is 17.6. The van der Waals surface area contributed by atoms with Gasteiger partial charge in [0.25, 0.3) is 0 Å². The Bertz CT molecular complexity index is 779. The standard InChI is InChI=1S/C22H25ClN2O2/c23-20-11-5-4-10-18(20)19(17-8-2-1-3-9-17)16-21(26)24-13-15-25-14-7-6-12-22(25)27/h1-5,8-11,19H,6-7,12-16H2,(H,24,26)/t19-/m1/s1. The van der Waals surface area contributed by atoms with Crippen molar-refractivity contribution in [3.63, 3.8) is 0 Å². The van der Waals surface area contributed by atoms with Crippen LogP contribution in [0.3, 0.4) is 0 Å². The largest absolute Gasteiger partial charge is 0.354 e. The van der Waals surface area contributed by atoms with Crippen molar-refractivity contribution in [2.75, 3.05) is 19.6 Å². The van der Waals surface area contributed by atoms with Crippen molar-refractivity contribution in [3.8, 4) is 0 Å². The number of hydrogen-bond donors (Lipinski definition) is 1. The maximum absolute atomic E-state index is 12.6. The fourth-order valence-electron chi connectivity index (χ4n) is 3.54. The molecule has 0 bridgehead atoms. The van der Waals surface area contributed by atoms with E-state index in [4.69, 9.17) is 11.6 Å². The van der Waals surface area contributed by atoms with E-state index < -0.39 is 0 Å². The molecule has 0 spiro atoms. The van der Waals surface area contributed by atoms with Crippen LogP contribution in [-0.4, -0.2) is 36.3 Å². The maximum atomic E-state index is 12.6. The SMILES string of the molecule is O=C(C[C@H](c1ccccc1)c1ccccc1Cl)NCCN1CCCCC1=O. The molecule has 1 heterocycles. The zero-order chi connectivity index (χ0) is 19.1. The van der Waals surface area contributed by atoms with Crippen molar-refractivity contribution in [2.24, 2.45) is 0 Å². The molecule has 1 fully saturated rings. The predicted molar refractivity (Wildman–Crippen MR) is 108 cm³/mol. The smallest absolute Gasteiger partial charge is 0.222 e. The third kappa shape index (κ3) is 5.33. The first-order valence-electron chi connectivity index (χ1n) is 9.49. The number of hydrogen-bond acceptors (Lipinski definition) is 2. The summed E-state index contributed by atoms with van der Waals surface area (Å²) in [7, 11) is 0. The molecule has 142 valence electrons. The van der Waals surface area contributed by atoms with E-state index in [1.807, 2.05) is 59.5 Å². The lowest BCUT2D eigenvalue weighted by atomic mass is 9.88. The molecule has 0 aromatic heterocycles. The predicted octanol–water partition coefficient (Wildman–Crippen LogP) is 3.99. The van der Waals surface area contributed by atoms with Crippen LogP contribution in [0.25, 0.3) is 0 Å². The Kier molecular flexibility index (Phi) is 6.88. The monoisotopic (exact) mass is 384 g/mol. The Morgan fingerprint density at radius 2 is 1.81 bits per heavy atom. The molecule has 2 aromatic carbocycles. The molecular weight excluding hydrogens is 360 g/mol. The number of benzene rings is 2. The number of carbonyl (C=O) groups excluding carboxylic acids is 2. The van der Waals surface area contributed by atoms with Crippen LogP contribution < -0.4 is 5.32 Å². The topological polar surface area (TPSA) is 49.4 Å². The zero-order valence-electron chi connectivity index (χ0n) is 15.4. The maximum Gasteiger partial charge on any atom is 0.222 e. The molecule has 0 unspecified atom stereocenters. The number of likely N-dealkylation sites (tertiary alicyclic amines) is 1. The van der Waals surface area contributed by atoms with Gasteiger partial charge < -0.3 is 10.2 Å². The number of nitrogens with zero attached hydrogens (tertiary/aromatic N) is 1. The number of nitrogens with one attached hydrogen (secondary N) is 1. The molecule has 27 heavy (non-hydrogen) atoms. The minimum Gasteiger partial charge on any atom is -0.354 e. The highest BCUT2D eigenvalue weighted by atomic mass is 35.5. The van der Waals surface area contributed by atoms with Gasteiger partial charge in [-0.25, -0.2) is 0 Å². The van der Waals surface area contributed by atoms with E-state index in [0.717, 1.165) is 30.5 Å². The quantitative estimate of drug-likeness (QED) is 0.784. The number of piperidine rings is 1. The molecule has 2 aromatic rings. The Hall–Kier alpha value is -2.33. The molecule has 0 radical (unpaired) electrons. The van der Waals surface area contributed by atoms with Crippen LogP contribution in [0.5, 0.6) is 0 Å². The van der Waals surface area contributed by atoms with Crippen LogP contribution in [-0.2, 0) is 9.59 Å². The molecule has 2 amide bonds. The Morgan fingerprint density at radius 3 is 2.56 bits per heavy atom. The van der Waals surface area contributed by atoms with E-state index in [0.29, 0.717) is 31.0 Å². The molecule has 1 N–H and O–H groups in total. The minimum atomic E-state index is -0.100. The minimum absolute atomic E-state index is 0.0340. The van der Waals surface area contributed by atoms with Crippen LogP contribution in [0.15, 0.2) is 54.6 Å². The van der Waals surface area contributed by atoms with Gasteiger partial charge in [0.1, 0.15) is 0 Å². The van der Waals surface area contributed by atoms with Gasteiger partial charge in [-0.3, -0.25) is 9.59 Å². The van der Waals surface area contributed by atoms with E-state index in [2.05, 4.69) is 5.32 Å². The van der Waals surface area contributed by atoms with Gasteiger partial charge in [0.2, 0.25) is 11.8 Å². The number of rotatable bonds is 7. The summed E-state index contributed by atoms with van der Waals surface area (Å²) in [6.45, 7) is 1.85. The second-order valence-corrected chi connectivity index (χ2v) is 7.28. The lowest BCUT2D eigenvalue weighted by molar-refractivity contribution is -0.133. The molecule has 4 nitrogen and oxygen atoms in total. The summed E-state index contributed by atoms with van der Waals surface area (Å²) in [5.74, 6) is 0.0541. The van der Waals surface area contributed by atoms with Gasteiger partial charge in [-0.2, -0.15) is 0 Å². The molecule has 0 saturated carbocycles. The van der Waals surface area contributed by atoms with Gasteiger partial charge in [-0.15, -0.1) is 0 Å². The summed E-state index contributed by atoms with van der Waals surface area (Å²) < 4.78 is 0. The molecule has 3 rings (SSSR count). The van der Waals surface area contributed by atoms with Crippen LogP contribution >= 0.6 is 11.6 Å². The zero-order valence-corrected chi connectivity index (χ0v) is 16.1. The molecule has 5 heteroatoms. The van der Waals surface area contributed by atoms with Gasteiger partial charge in [-0.05, 0) is 30.0 Å². The second-order valence-electron chi connectivity index (χ2n) is 6.88. The highest BCUT2D eigenvalue weighted by Crippen LogP contribution is 2.32. The molecule has 1 aliphatic rings. The molecule has 1 saturated heterocycles. The second kappa shape index (κ2) is 9.56. The highest BCUT2D eigenvalue weighted by Gasteiger charge is 2.21. The van der Waals surface area contributed by atoms with Crippen molar-refractivity contribution in [1.82, 2.24) is 10.2 Å². The molecule has 1 aliphatic heterocycles. The van der Waals surface area contributed by atoms with E-state index in [9.17, 15) is 9.59 Å². The van der Waals surface area contributed by atoms with Crippen molar-refractivity contribution < 1.29 is 9.59 Å². The Morgan fingerprint density at radius 1 is 1.07 bits per heavy atom. The third-order valence-corrected chi connectivity index (χ3v) is 5.34. The van der Waals surface area contributed by atoms with Crippen LogP contribution in [0.2, 0.25) is 5.02 Å². The van der Waals surface area contributed by atoms with E-state index in [1.54, 1.807) is 0 Å². The van der Waals surface area contributed by atoms with Crippen molar-refractivity contribution in [2.45, 2.75) is 31.6 Å². The fourth-order valence-corrected chi connectivity index (χ4v) is 3.80. The first-order valence-corrected chi connectivity index (χ1v) is 9.87. The molecule has 1 atom stereocenters. The average Bonchev–Trinajstić information content (AvgIpc) is 2.69. The van der Waals surface area contributed by atoms with Crippen LogP contribution in [0.4, 0.5) is 0 Å². The summed E-state index contributed by atoms with van der Waals surface area (Å²) >= 11 is 6.40. The van der Waals surface area contributed by atoms with Gasteiger partial charge in [0.05, 0.1) is 0 Å². The lowest BCUT2D eigenvalue weighted by Crippen LogP contribution is -2.41. The van der Waals surface area contributed by atoms with Gasteiger partial charge in [0.15, 0.2) is 0 Å². The first-order chi connectivity index (χ1) is 13.1. The van der Waals surface area contributed by atoms with Gasteiger partial charge in [0, 0.05) is 43.4 Å². The Balaban J connectivity index is 1.63. The average molecular weight is 385 g/mol. The highest BCUT2D eigenvalue weighted by molar-refractivity contribution is 6.31. The molecule has 0 aliphatic carbocycles.